The maximum atomic E-state index is 13.0. The minimum absolute atomic E-state index is 0.127. The molecule has 0 aliphatic heterocycles. The molecule has 0 aliphatic rings. The third kappa shape index (κ3) is 5.41. The summed E-state index contributed by atoms with van der Waals surface area (Å²) in [6.07, 6.45) is -1.19. The Kier molecular flexibility index (Phi) is 7.76. The van der Waals surface area contributed by atoms with Gasteiger partial charge in [-0.1, -0.05) is 54.6 Å². The van der Waals surface area contributed by atoms with Crippen LogP contribution in [-0.4, -0.2) is 24.5 Å². The second-order valence-corrected chi connectivity index (χ2v) is 11.9. The summed E-state index contributed by atoms with van der Waals surface area (Å²) in [4.78, 5) is 26.0. The van der Waals surface area contributed by atoms with Crippen molar-refractivity contribution in [2.75, 3.05) is 14.2 Å². The van der Waals surface area contributed by atoms with E-state index in [9.17, 15) is 9.59 Å². The number of carbonyl (C=O) groups excluding carboxylic acids is 2. The lowest BCUT2D eigenvalue weighted by atomic mass is 10.2. The number of carbonyl (C=O) groups is 2. The van der Waals surface area contributed by atoms with Gasteiger partial charge in [-0.15, -0.1) is 0 Å². The molecule has 0 fully saturated rings. The highest BCUT2D eigenvalue weighted by atomic mass is 33.1. The molecule has 0 aromatic heterocycles. The van der Waals surface area contributed by atoms with Crippen molar-refractivity contribution >= 4 is 44.6 Å². The summed E-state index contributed by atoms with van der Waals surface area (Å²) in [5, 5.41) is 0.694. The maximum Gasteiger partial charge on any atom is 0.228 e. The average molecular weight is 442 g/mol. The van der Waals surface area contributed by atoms with Crippen LogP contribution < -0.4 is 14.8 Å². The molecular formula is C22H19O4PS2. The predicted octanol–water partition coefficient (Wildman–Crippen LogP) is 5.79. The zero-order valence-electron chi connectivity index (χ0n) is 15.9. The summed E-state index contributed by atoms with van der Waals surface area (Å²) in [5.41, 5.74) is 0.988. The van der Waals surface area contributed by atoms with Gasteiger partial charge in [0, 0.05) is 0 Å². The number of para-hydroxylation sites is 2. The molecule has 7 heteroatoms. The Hall–Kier alpha value is -2.27. The molecule has 0 bridgehead atoms. The molecular weight excluding hydrogens is 423 g/mol. The van der Waals surface area contributed by atoms with Crippen molar-refractivity contribution in [3.63, 3.8) is 0 Å². The van der Waals surface area contributed by atoms with E-state index in [4.69, 9.17) is 9.47 Å². The molecule has 0 spiro atoms. The number of rotatable bonds is 7. The molecule has 148 valence electrons. The van der Waals surface area contributed by atoms with Crippen molar-refractivity contribution in [2.45, 2.75) is 0 Å². The van der Waals surface area contributed by atoms with Gasteiger partial charge < -0.3 is 9.47 Å². The van der Waals surface area contributed by atoms with E-state index < -0.39 is 6.33 Å². The minimum atomic E-state index is -1.19. The minimum Gasteiger partial charge on any atom is -0.496 e. The number of benzene rings is 3. The van der Waals surface area contributed by atoms with Crippen LogP contribution in [0.15, 0.2) is 78.9 Å². The third-order valence-corrected chi connectivity index (χ3v) is 10.4. The summed E-state index contributed by atoms with van der Waals surface area (Å²) >= 11 is 2.33. The lowest BCUT2D eigenvalue weighted by Crippen LogP contribution is -2.03. The Morgan fingerprint density at radius 1 is 0.655 bits per heavy atom. The third-order valence-electron chi connectivity index (χ3n) is 3.95. The van der Waals surface area contributed by atoms with E-state index in [0.29, 0.717) is 22.6 Å². The standard InChI is InChI=1S/C22H19O4PS2/c1-25-19-14-8-6-12-17(19)21(23)28-27(16-10-4-3-5-11-16)29-22(24)18-13-7-9-15-20(18)26-2/h3-15H,1-2H3. The second kappa shape index (κ2) is 10.5. The fourth-order valence-electron chi connectivity index (χ4n) is 2.55. The van der Waals surface area contributed by atoms with Gasteiger partial charge in [0.2, 0.25) is 10.2 Å². The van der Waals surface area contributed by atoms with E-state index in [0.717, 1.165) is 28.1 Å². The molecule has 0 unspecified atom stereocenters. The topological polar surface area (TPSA) is 52.6 Å². The first-order chi connectivity index (χ1) is 14.1. The van der Waals surface area contributed by atoms with E-state index in [1.165, 1.54) is 14.2 Å². The van der Waals surface area contributed by atoms with Gasteiger partial charge in [0.25, 0.3) is 0 Å². The van der Waals surface area contributed by atoms with E-state index in [2.05, 4.69) is 0 Å². The maximum absolute atomic E-state index is 13.0. The zero-order valence-corrected chi connectivity index (χ0v) is 18.4. The van der Waals surface area contributed by atoms with Crippen LogP contribution in [0.3, 0.4) is 0 Å². The Bertz CT molecular complexity index is 933. The first kappa shape index (κ1) is 21.4. The molecule has 0 radical (unpaired) electrons. The van der Waals surface area contributed by atoms with Crippen molar-refractivity contribution in [3.8, 4) is 11.5 Å². The van der Waals surface area contributed by atoms with Crippen LogP contribution in [0.4, 0.5) is 0 Å². The normalized spacial score (nSPS) is 10.6. The molecule has 0 heterocycles. The summed E-state index contributed by atoms with van der Waals surface area (Å²) in [5.74, 6) is 1.04. The van der Waals surface area contributed by atoms with Crippen LogP contribution in [0.25, 0.3) is 0 Å². The average Bonchev–Trinajstić information content (AvgIpc) is 2.78. The lowest BCUT2D eigenvalue weighted by Gasteiger charge is -2.16. The zero-order chi connectivity index (χ0) is 20.6. The van der Waals surface area contributed by atoms with Crippen molar-refractivity contribution < 1.29 is 19.1 Å². The van der Waals surface area contributed by atoms with Gasteiger partial charge in [0.05, 0.1) is 31.7 Å². The molecule has 0 saturated carbocycles. The van der Waals surface area contributed by atoms with Crippen molar-refractivity contribution in [1.82, 2.24) is 0 Å². The van der Waals surface area contributed by atoms with Gasteiger partial charge >= 0.3 is 0 Å². The van der Waals surface area contributed by atoms with E-state index in [-0.39, 0.29) is 10.2 Å². The molecule has 4 nitrogen and oxygen atoms in total. The van der Waals surface area contributed by atoms with Gasteiger partial charge in [0.15, 0.2) is 0 Å². The predicted molar refractivity (Wildman–Crippen MR) is 123 cm³/mol. The highest BCUT2D eigenvalue weighted by Crippen LogP contribution is 2.62. The highest BCUT2D eigenvalue weighted by Gasteiger charge is 2.25. The fourth-order valence-corrected chi connectivity index (χ4v) is 8.57. The quantitative estimate of drug-likeness (QED) is 0.432. The van der Waals surface area contributed by atoms with Crippen LogP contribution in [-0.2, 0) is 0 Å². The summed E-state index contributed by atoms with van der Waals surface area (Å²) in [6.45, 7) is 0. The highest BCUT2D eigenvalue weighted by molar-refractivity contribution is 8.96. The molecule has 0 aliphatic carbocycles. The van der Waals surface area contributed by atoms with Crippen molar-refractivity contribution in [1.29, 1.82) is 0 Å². The number of hydrogen-bond donors (Lipinski definition) is 0. The molecule has 29 heavy (non-hydrogen) atoms. The van der Waals surface area contributed by atoms with Crippen LogP contribution in [0.5, 0.6) is 11.5 Å². The summed E-state index contributed by atoms with van der Waals surface area (Å²) in [7, 11) is 3.08. The largest absolute Gasteiger partial charge is 0.496 e. The van der Waals surface area contributed by atoms with Crippen LogP contribution in [0, 0.1) is 0 Å². The Balaban J connectivity index is 1.88. The lowest BCUT2D eigenvalue weighted by molar-refractivity contribution is 0.108. The molecule has 0 amide bonds. The van der Waals surface area contributed by atoms with Gasteiger partial charge in [-0.05, 0) is 52.3 Å². The first-order valence-electron chi connectivity index (χ1n) is 8.70. The van der Waals surface area contributed by atoms with Crippen molar-refractivity contribution in [3.05, 3.63) is 90.0 Å². The smallest absolute Gasteiger partial charge is 0.228 e. The van der Waals surface area contributed by atoms with Crippen LogP contribution in [0.2, 0.25) is 0 Å². The fraction of sp³-hybridized carbons (Fsp3) is 0.0909. The van der Waals surface area contributed by atoms with E-state index in [1.54, 1.807) is 36.4 Å². The van der Waals surface area contributed by atoms with Crippen LogP contribution in [0.1, 0.15) is 20.7 Å². The molecule has 0 saturated heterocycles. The van der Waals surface area contributed by atoms with Gasteiger partial charge in [0.1, 0.15) is 11.5 Å². The molecule has 0 N–H and O–H groups in total. The van der Waals surface area contributed by atoms with Crippen molar-refractivity contribution in [2.24, 2.45) is 0 Å². The Labute approximate surface area is 179 Å². The van der Waals surface area contributed by atoms with Gasteiger partial charge in [-0.3, -0.25) is 9.59 Å². The summed E-state index contributed by atoms with van der Waals surface area (Å²) < 4.78 is 10.6. The monoisotopic (exact) mass is 442 g/mol. The Morgan fingerprint density at radius 3 is 1.52 bits per heavy atom. The van der Waals surface area contributed by atoms with E-state index >= 15 is 0 Å². The molecule has 3 aromatic carbocycles. The van der Waals surface area contributed by atoms with Gasteiger partial charge in [-0.25, -0.2) is 0 Å². The van der Waals surface area contributed by atoms with Crippen LogP contribution >= 0.6 is 29.1 Å². The van der Waals surface area contributed by atoms with Gasteiger partial charge in [-0.2, -0.15) is 0 Å². The Morgan fingerprint density at radius 2 is 1.07 bits per heavy atom. The molecule has 3 rings (SSSR count). The molecule has 0 atom stereocenters. The number of methoxy groups -OCH3 is 2. The number of ether oxygens (including phenoxy) is 2. The SMILES string of the molecule is COc1ccccc1C(=O)SP(SC(=O)c1ccccc1OC)c1ccccc1. The first-order valence-corrected chi connectivity index (χ1v) is 12.9. The summed E-state index contributed by atoms with van der Waals surface area (Å²) in [6, 6.07) is 23.8. The van der Waals surface area contributed by atoms with E-state index in [1.807, 2.05) is 42.5 Å². The second-order valence-electron chi connectivity index (χ2n) is 5.75. The molecule has 3 aromatic rings. The number of hydrogen-bond acceptors (Lipinski definition) is 6.